The molecule has 0 unspecified atom stereocenters. The van der Waals surface area contributed by atoms with Gasteiger partial charge in [-0.2, -0.15) is 0 Å². The highest BCUT2D eigenvalue weighted by atomic mass is 16.7. The van der Waals surface area contributed by atoms with E-state index < -0.39 is 36.0 Å². The Bertz CT molecular complexity index is 1170. The topological polar surface area (TPSA) is 122 Å². The van der Waals surface area contributed by atoms with Crippen molar-refractivity contribution in [2.24, 2.45) is 0 Å². The van der Waals surface area contributed by atoms with Crippen LogP contribution in [0.2, 0.25) is 0 Å². The molecule has 0 amide bonds. The summed E-state index contributed by atoms with van der Waals surface area (Å²) in [4.78, 5) is 22.6. The van der Waals surface area contributed by atoms with E-state index in [-0.39, 0.29) is 13.2 Å². The highest BCUT2D eigenvalue weighted by molar-refractivity contribution is 5.66. The molecule has 0 bridgehead atoms. The van der Waals surface area contributed by atoms with Gasteiger partial charge in [0, 0.05) is 13.8 Å². The monoisotopic (exact) mass is 507 g/mol. The Morgan fingerprint density at radius 3 is 2.24 bits per heavy atom. The summed E-state index contributed by atoms with van der Waals surface area (Å²) in [6, 6.07) is 18.6. The van der Waals surface area contributed by atoms with Crippen LogP contribution >= 0.6 is 0 Å². The minimum atomic E-state index is -1.48. The van der Waals surface area contributed by atoms with E-state index in [1.54, 1.807) is 23.0 Å². The van der Waals surface area contributed by atoms with Crippen LogP contribution in [-0.4, -0.2) is 63.8 Å². The number of aliphatic hydroxyl groups is 1. The van der Waals surface area contributed by atoms with Crippen LogP contribution in [0.5, 0.6) is 0 Å². The van der Waals surface area contributed by atoms with Crippen LogP contribution < -0.4 is 0 Å². The van der Waals surface area contributed by atoms with E-state index in [2.05, 4.69) is 10.3 Å². The van der Waals surface area contributed by atoms with Gasteiger partial charge in [-0.05, 0) is 23.3 Å². The van der Waals surface area contributed by atoms with E-state index in [9.17, 15) is 14.7 Å². The summed E-state index contributed by atoms with van der Waals surface area (Å²) in [5.74, 6) is -0.941. The number of carbonyl (C=O) groups is 2. The number of hydrogen-bond acceptors (Lipinski definition) is 9. The summed E-state index contributed by atoms with van der Waals surface area (Å²) >= 11 is 0. The lowest BCUT2D eigenvalue weighted by Gasteiger charge is -2.31. The summed E-state index contributed by atoms with van der Waals surface area (Å²) in [6.45, 7) is 3.05. The first-order chi connectivity index (χ1) is 17.9. The Morgan fingerprint density at radius 1 is 1.00 bits per heavy atom. The molecule has 0 fully saturated rings. The molecule has 10 nitrogen and oxygen atoms in total. The summed E-state index contributed by atoms with van der Waals surface area (Å²) in [5.41, 5.74) is 0.245. The standard InChI is InChI=1S/C27H29N3O7/c1-19(31)35-18-24-23(36-20(2)32)13-14-26(37-24)34-16-15-30-17-25(28-29-30)27(33,21-9-5-3-6-10-21)22-11-7-4-8-12-22/h3-14,17,23-24,26,33H,15-16,18H2,1-2H3/t23-,24+,26-/m0/s1. The maximum Gasteiger partial charge on any atom is 0.303 e. The molecule has 1 aliphatic heterocycles. The first-order valence-corrected chi connectivity index (χ1v) is 11.9. The number of nitrogens with zero attached hydrogens (tertiary/aromatic N) is 3. The van der Waals surface area contributed by atoms with Crippen molar-refractivity contribution in [3.8, 4) is 0 Å². The van der Waals surface area contributed by atoms with Gasteiger partial charge in [-0.15, -0.1) is 5.10 Å². The number of ether oxygens (including phenoxy) is 4. The zero-order chi connectivity index (χ0) is 26.3. The summed E-state index contributed by atoms with van der Waals surface area (Å²) in [6.07, 6.45) is 2.84. The molecule has 1 aliphatic rings. The van der Waals surface area contributed by atoms with Crippen LogP contribution in [0.4, 0.5) is 0 Å². The van der Waals surface area contributed by atoms with Gasteiger partial charge in [0.05, 0.1) is 19.3 Å². The minimum absolute atomic E-state index is 0.0819. The van der Waals surface area contributed by atoms with Gasteiger partial charge in [0.25, 0.3) is 0 Å². The molecule has 37 heavy (non-hydrogen) atoms. The molecular formula is C27H29N3O7. The molecule has 0 aliphatic carbocycles. The molecular weight excluding hydrogens is 478 g/mol. The van der Waals surface area contributed by atoms with Crippen molar-refractivity contribution in [2.75, 3.05) is 13.2 Å². The van der Waals surface area contributed by atoms with Gasteiger partial charge >= 0.3 is 11.9 Å². The molecule has 1 aromatic heterocycles. The zero-order valence-corrected chi connectivity index (χ0v) is 20.6. The molecule has 10 heteroatoms. The van der Waals surface area contributed by atoms with Gasteiger partial charge in [0.2, 0.25) is 0 Å². The Morgan fingerprint density at radius 2 is 1.65 bits per heavy atom. The second-order valence-electron chi connectivity index (χ2n) is 8.48. The van der Waals surface area contributed by atoms with Crippen molar-refractivity contribution in [3.63, 3.8) is 0 Å². The van der Waals surface area contributed by atoms with Gasteiger partial charge in [0.15, 0.2) is 11.9 Å². The van der Waals surface area contributed by atoms with Gasteiger partial charge < -0.3 is 24.1 Å². The highest BCUT2D eigenvalue weighted by Crippen LogP contribution is 2.35. The van der Waals surface area contributed by atoms with Gasteiger partial charge in [-0.25, -0.2) is 4.68 Å². The molecule has 4 rings (SSSR count). The third-order valence-electron chi connectivity index (χ3n) is 5.78. The maximum atomic E-state index is 11.8. The lowest BCUT2D eigenvalue weighted by molar-refractivity contribution is -0.197. The van der Waals surface area contributed by atoms with Crippen LogP contribution in [0.15, 0.2) is 79.0 Å². The first-order valence-electron chi connectivity index (χ1n) is 11.9. The molecule has 0 saturated heterocycles. The highest BCUT2D eigenvalue weighted by Gasteiger charge is 2.37. The maximum absolute atomic E-state index is 11.8. The van der Waals surface area contributed by atoms with E-state index in [4.69, 9.17) is 18.9 Å². The summed E-state index contributed by atoms with van der Waals surface area (Å²) in [5, 5.41) is 20.3. The van der Waals surface area contributed by atoms with E-state index in [1.165, 1.54) is 13.8 Å². The molecule has 2 heterocycles. The van der Waals surface area contributed by atoms with Crippen molar-refractivity contribution >= 4 is 11.9 Å². The van der Waals surface area contributed by atoms with E-state index in [0.29, 0.717) is 23.4 Å². The van der Waals surface area contributed by atoms with Crippen LogP contribution in [0, 0.1) is 0 Å². The van der Waals surface area contributed by atoms with E-state index >= 15 is 0 Å². The predicted octanol–water partition coefficient (Wildman–Crippen LogP) is 2.35. The van der Waals surface area contributed by atoms with Crippen LogP contribution in [-0.2, 0) is 40.7 Å². The zero-order valence-electron chi connectivity index (χ0n) is 20.6. The molecule has 3 atom stereocenters. The number of rotatable bonds is 10. The number of benzene rings is 2. The largest absolute Gasteiger partial charge is 0.463 e. The van der Waals surface area contributed by atoms with Gasteiger partial charge in [-0.3, -0.25) is 9.59 Å². The summed E-state index contributed by atoms with van der Waals surface area (Å²) in [7, 11) is 0. The number of esters is 2. The fourth-order valence-electron chi connectivity index (χ4n) is 4.01. The Labute approximate surface area is 214 Å². The molecule has 3 aromatic rings. The van der Waals surface area contributed by atoms with E-state index in [0.717, 1.165) is 0 Å². The molecule has 2 aromatic carbocycles. The molecule has 0 saturated carbocycles. The number of carbonyl (C=O) groups excluding carboxylic acids is 2. The quantitative estimate of drug-likeness (QED) is 0.325. The average Bonchev–Trinajstić information content (AvgIpc) is 3.38. The first kappa shape index (κ1) is 26.2. The van der Waals surface area contributed by atoms with Crippen LogP contribution in [0.1, 0.15) is 30.7 Å². The Kier molecular flexibility index (Phi) is 8.44. The fraction of sp³-hybridized carbons (Fsp3) is 0.333. The molecule has 0 radical (unpaired) electrons. The van der Waals surface area contributed by atoms with Crippen molar-refractivity contribution in [1.29, 1.82) is 0 Å². The van der Waals surface area contributed by atoms with Crippen LogP contribution in [0.3, 0.4) is 0 Å². The van der Waals surface area contributed by atoms with E-state index in [1.807, 2.05) is 60.7 Å². The molecule has 194 valence electrons. The number of aromatic nitrogens is 3. The smallest absolute Gasteiger partial charge is 0.303 e. The second kappa shape index (κ2) is 11.9. The second-order valence-corrected chi connectivity index (χ2v) is 8.48. The fourth-order valence-corrected chi connectivity index (χ4v) is 4.01. The van der Waals surface area contributed by atoms with Crippen molar-refractivity contribution in [2.45, 2.75) is 44.5 Å². The lowest BCUT2D eigenvalue weighted by Crippen LogP contribution is -2.42. The lowest BCUT2D eigenvalue weighted by atomic mass is 9.84. The molecule has 0 spiro atoms. The Balaban J connectivity index is 1.42. The third kappa shape index (κ3) is 6.48. The van der Waals surface area contributed by atoms with Gasteiger partial charge in [0.1, 0.15) is 24.5 Å². The SMILES string of the molecule is CC(=O)OC[C@H]1O[C@H](OCCn2cc(C(O)(c3ccccc3)c3ccccc3)nn2)C=C[C@@H]1OC(C)=O. The van der Waals surface area contributed by atoms with Crippen molar-refractivity contribution < 1.29 is 33.6 Å². The van der Waals surface area contributed by atoms with Crippen molar-refractivity contribution in [1.82, 2.24) is 15.0 Å². The summed E-state index contributed by atoms with van der Waals surface area (Å²) < 4.78 is 23.4. The predicted molar refractivity (Wildman–Crippen MR) is 131 cm³/mol. The number of hydrogen-bond donors (Lipinski definition) is 1. The van der Waals surface area contributed by atoms with Crippen LogP contribution in [0.25, 0.3) is 0 Å². The molecule has 1 N–H and O–H groups in total. The normalized spacial score (nSPS) is 19.4. The third-order valence-corrected chi connectivity index (χ3v) is 5.78. The minimum Gasteiger partial charge on any atom is -0.463 e. The average molecular weight is 508 g/mol. The van der Waals surface area contributed by atoms with Crippen molar-refractivity contribution in [3.05, 3.63) is 95.8 Å². The van der Waals surface area contributed by atoms with Gasteiger partial charge in [-0.1, -0.05) is 65.9 Å². The Hall–Kier alpha value is -3.86.